The first kappa shape index (κ1) is 12.4. The van der Waals surface area contributed by atoms with Gasteiger partial charge in [-0.25, -0.2) is 0 Å². The van der Waals surface area contributed by atoms with Crippen molar-refractivity contribution in [3.63, 3.8) is 0 Å². The number of hydrogen-bond acceptors (Lipinski definition) is 3. The van der Waals surface area contributed by atoms with Gasteiger partial charge < -0.3 is 0 Å². The maximum Gasteiger partial charge on any atom is 0.108 e. The van der Waals surface area contributed by atoms with Crippen LogP contribution in [0.3, 0.4) is 0 Å². The Kier molecular flexibility index (Phi) is 3.34. The van der Waals surface area contributed by atoms with E-state index >= 15 is 0 Å². The van der Waals surface area contributed by atoms with Crippen molar-refractivity contribution in [1.82, 2.24) is 10.2 Å². The molecule has 0 heterocycles. The Labute approximate surface area is 111 Å². The molecule has 0 radical (unpaired) electrons. The van der Waals surface area contributed by atoms with E-state index in [0.717, 1.165) is 18.9 Å². The van der Waals surface area contributed by atoms with Crippen LogP contribution < -0.4 is 5.32 Å². The van der Waals surface area contributed by atoms with Gasteiger partial charge in [0.15, 0.2) is 0 Å². The van der Waals surface area contributed by atoms with Crippen LogP contribution in [0.4, 0.5) is 0 Å². The lowest BCUT2D eigenvalue weighted by Gasteiger charge is -2.30. The quantitative estimate of drug-likeness (QED) is 0.783. The lowest BCUT2D eigenvalue weighted by atomic mass is 9.99. The molecular formula is C15H25N3. The normalized spacial score (nSPS) is 35.9. The van der Waals surface area contributed by atoms with Crippen molar-refractivity contribution in [3.8, 4) is 6.07 Å². The largest absolute Gasteiger partial charge is 0.297 e. The van der Waals surface area contributed by atoms with Crippen LogP contribution in [0.25, 0.3) is 0 Å². The third kappa shape index (κ3) is 2.55. The Balaban J connectivity index is 1.63. The molecule has 100 valence electrons. The predicted octanol–water partition coefficient (Wildman–Crippen LogP) is 2.43. The summed E-state index contributed by atoms with van der Waals surface area (Å²) < 4.78 is 0. The predicted molar refractivity (Wildman–Crippen MR) is 72.2 cm³/mol. The minimum atomic E-state index is -0.202. The standard InChI is InChI=1S/C15H25N3/c1-2-9-18(13-5-6-13)14-7-8-15(10-14,11-16)17-12-3-4-12/h12-14,17H,2-10H2,1H3. The van der Waals surface area contributed by atoms with Crippen molar-refractivity contribution in [2.45, 2.75) is 82.0 Å². The number of rotatable bonds is 6. The highest BCUT2D eigenvalue weighted by atomic mass is 15.2. The van der Waals surface area contributed by atoms with Gasteiger partial charge in [0.1, 0.15) is 5.54 Å². The molecule has 0 aromatic rings. The van der Waals surface area contributed by atoms with Gasteiger partial charge in [0.05, 0.1) is 6.07 Å². The maximum absolute atomic E-state index is 9.55. The molecule has 3 aliphatic carbocycles. The molecule has 1 N–H and O–H groups in total. The first-order valence-electron chi connectivity index (χ1n) is 7.71. The third-order valence-electron chi connectivity index (χ3n) is 4.73. The Morgan fingerprint density at radius 1 is 1.22 bits per heavy atom. The molecule has 0 saturated heterocycles. The zero-order valence-electron chi connectivity index (χ0n) is 11.5. The molecule has 0 aliphatic heterocycles. The highest BCUT2D eigenvalue weighted by molar-refractivity contribution is 5.16. The summed E-state index contributed by atoms with van der Waals surface area (Å²) in [6.07, 6.45) is 9.86. The van der Waals surface area contributed by atoms with E-state index in [1.807, 2.05) is 0 Å². The summed E-state index contributed by atoms with van der Waals surface area (Å²) in [6, 6.07) is 4.73. The van der Waals surface area contributed by atoms with Gasteiger partial charge in [-0.1, -0.05) is 6.92 Å². The van der Waals surface area contributed by atoms with Crippen LogP contribution in [0.1, 0.15) is 58.3 Å². The van der Waals surface area contributed by atoms with Gasteiger partial charge in [-0.05, 0) is 57.9 Å². The SMILES string of the molecule is CCCN(C1CC1)C1CCC(C#N)(NC2CC2)C1. The molecule has 3 aliphatic rings. The lowest BCUT2D eigenvalue weighted by molar-refractivity contribution is 0.182. The summed E-state index contributed by atoms with van der Waals surface area (Å²) >= 11 is 0. The molecule has 0 aromatic heterocycles. The Morgan fingerprint density at radius 2 is 2.00 bits per heavy atom. The maximum atomic E-state index is 9.55. The first-order chi connectivity index (χ1) is 8.76. The van der Waals surface area contributed by atoms with E-state index in [4.69, 9.17) is 0 Å². The number of nitrogens with one attached hydrogen (secondary N) is 1. The van der Waals surface area contributed by atoms with Crippen LogP contribution >= 0.6 is 0 Å². The smallest absolute Gasteiger partial charge is 0.108 e. The molecule has 3 rings (SSSR count). The van der Waals surface area contributed by atoms with Crippen molar-refractivity contribution in [1.29, 1.82) is 5.26 Å². The average molecular weight is 247 g/mol. The molecule has 0 bridgehead atoms. The van der Waals surface area contributed by atoms with Crippen molar-refractivity contribution >= 4 is 0 Å². The van der Waals surface area contributed by atoms with Crippen LogP contribution in [0.15, 0.2) is 0 Å². The highest BCUT2D eigenvalue weighted by Gasteiger charge is 2.46. The average Bonchev–Trinajstić information content (AvgIpc) is 3.27. The van der Waals surface area contributed by atoms with Crippen LogP contribution in [-0.4, -0.2) is 35.1 Å². The van der Waals surface area contributed by atoms with Gasteiger partial charge in [0.25, 0.3) is 0 Å². The molecule has 3 heteroatoms. The van der Waals surface area contributed by atoms with Crippen molar-refractivity contribution < 1.29 is 0 Å². The number of nitrogens with zero attached hydrogens (tertiary/aromatic N) is 2. The van der Waals surface area contributed by atoms with Gasteiger partial charge in [0, 0.05) is 18.1 Å². The molecule has 0 spiro atoms. The van der Waals surface area contributed by atoms with E-state index < -0.39 is 0 Å². The fourth-order valence-corrected chi connectivity index (χ4v) is 3.51. The molecule has 0 aromatic carbocycles. The van der Waals surface area contributed by atoms with E-state index in [0.29, 0.717) is 12.1 Å². The molecule has 3 nitrogen and oxygen atoms in total. The molecule has 3 fully saturated rings. The minimum Gasteiger partial charge on any atom is -0.297 e. The fraction of sp³-hybridized carbons (Fsp3) is 0.933. The first-order valence-corrected chi connectivity index (χ1v) is 7.71. The monoisotopic (exact) mass is 247 g/mol. The molecular weight excluding hydrogens is 222 g/mol. The zero-order chi connectivity index (χ0) is 12.6. The fourth-order valence-electron chi connectivity index (χ4n) is 3.51. The summed E-state index contributed by atoms with van der Waals surface area (Å²) in [4.78, 5) is 2.70. The summed E-state index contributed by atoms with van der Waals surface area (Å²) in [5.41, 5.74) is -0.202. The van der Waals surface area contributed by atoms with E-state index in [2.05, 4.69) is 23.2 Å². The lowest BCUT2D eigenvalue weighted by Crippen LogP contribution is -2.45. The molecule has 0 amide bonds. The van der Waals surface area contributed by atoms with Gasteiger partial charge in [0.2, 0.25) is 0 Å². The summed E-state index contributed by atoms with van der Waals surface area (Å²) in [7, 11) is 0. The summed E-state index contributed by atoms with van der Waals surface area (Å²) in [6.45, 7) is 3.49. The van der Waals surface area contributed by atoms with Gasteiger partial charge in [-0.15, -0.1) is 0 Å². The van der Waals surface area contributed by atoms with Crippen LogP contribution in [0.5, 0.6) is 0 Å². The van der Waals surface area contributed by atoms with Gasteiger partial charge >= 0.3 is 0 Å². The second kappa shape index (κ2) is 4.83. The topological polar surface area (TPSA) is 39.1 Å². The minimum absolute atomic E-state index is 0.202. The zero-order valence-corrected chi connectivity index (χ0v) is 11.5. The Bertz CT molecular complexity index is 340. The van der Waals surface area contributed by atoms with Gasteiger partial charge in [-0.3, -0.25) is 10.2 Å². The van der Waals surface area contributed by atoms with Crippen molar-refractivity contribution in [2.24, 2.45) is 0 Å². The summed E-state index contributed by atoms with van der Waals surface area (Å²) in [5.74, 6) is 0. The second-order valence-corrected chi connectivity index (χ2v) is 6.48. The highest BCUT2D eigenvalue weighted by Crippen LogP contribution is 2.39. The third-order valence-corrected chi connectivity index (χ3v) is 4.73. The summed E-state index contributed by atoms with van der Waals surface area (Å²) in [5, 5.41) is 13.2. The second-order valence-electron chi connectivity index (χ2n) is 6.48. The van der Waals surface area contributed by atoms with Crippen LogP contribution in [0, 0.1) is 11.3 Å². The van der Waals surface area contributed by atoms with Crippen molar-refractivity contribution in [3.05, 3.63) is 0 Å². The number of hydrogen-bond donors (Lipinski definition) is 1. The van der Waals surface area contributed by atoms with Crippen LogP contribution in [0.2, 0.25) is 0 Å². The van der Waals surface area contributed by atoms with E-state index in [1.165, 1.54) is 45.1 Å². The Hall–Kier alpha value is -0.590. The van der Waals surface area contributed by atoms with E-state index in [9.17, 15) is 5.26 Å². The molecule has 3 saturated carbocycles. The van der Waals surface area contributed by atoms with Crippen LogP contribution in [-0.2, 0) is 0 Å². The van der Waals surface area contributed by atoms with Gasteiger partial charge in [-0.2, -0.15) is 5.26 Å². The Morgan fingerprint density at radius 3 is 2.56 bits per heavy atom. The number of nitriles is 1. The van der Waals surface area contributed by atoms with E-state index in [-0.39, 0.29) is 5.54 Å². The molecule has 2 atom stereocenters. The molecule has 18 heavy (non-hydrogen) atoms. The van der Waals surface area contributed by atoms with E-state index in [1.54, 1.807) is 0 Å². The molecule has 2 unspecified atom stereocenters. The van der Waals surface area contributed by atoms with Crippen molar-refractivity contribution in [2.75, 3.05) is 6.54 Å².